The van der Waals surface area contributed by atoms with Crippen molar-refractivity contribution < 1.29 is 14.4 Å². The van der Waals surface area contributed by atoms with Crippen LogP contribution < -0.4 is 5.32 Å². The van der Waals surface area contributed by atoms with Gasteiger partial charge in [0, 0.05) is 12.6 Å². The molecule has 5 nitrogen and oxygen atoms in total. The monoisotopic (exact) mass is 308 g/mol. The van der Waals surface area contributed by atoms with Gasteiger partial charge in [-0.05, 0) is 30.7 Å². The van der Waals surface area contributed by atoms with E-state index in [0.29, 0.717) is 11.1 Å². The largest absolute Gasteiger partial charge is 0.346 e. The highest BCUT2D eigenvalue weighted by molar-refractivity contribution is 6.21. The maximum Gasteiger partial charge on any atom is 0.261 e. The van der Waals surface area contributed by atoms with Gasteiger partial charge in [-0.25, -0.2) is 0 Å². The molecule has 0 saturated heterocycles. The Kier molecular flexibility index (Phi) is 3.70. The van der Waals surface area contributed by atoms with Crippen LogP contribution >= 0.6 is 0 Å². The molecule has 2 aromatic carbocycles. The summed E-state index contributed by atoms with van der Waals surface area (Å²) in [6.45, 7) is 1.89. The van der Waals surface area contributed by atoms with E-state index < -0.39 is 0 Å². The van der Waals surface area contributed by atoms with Crippen LogP contribution in [0.25, 0.3) is 0 Å². The quantitative estimate of drug-likeness (QED) is 0.885. The highest BCUT2D eigenvalue weighted by Gasteiger charge is 2.33. The van der Waals surface area contributed by atoms with E-state index in [1.807, 2.05) is 37.3 Å². The lowest BCUT2D eigenvalue weighted by molar-refractivity contribution is 0.0693. The van der Waals surface area contributed by atoms with Crippen molar-refractivity contribution in [2.24, 2.45) is 0 Å². The highest BCUT2D eigenvalue weighted by Crippen LogP contribution is 2.23. The van der Waals surface area contributed by atoms with Crippen molar-refractivity contribution in [1.82, 2.24) is 10.2 Å². The highest BCUT2D eigenvalue weighted by atomic mass is 16.2. The van der Waals surface area contributed by atoms with Crippen LogP contribution in [0.5, 0.6) is 0 Å². The predicted octanol–water partition coefficient (Wildman–Crippen LogP) is 2.40. The van der Waals surface area contributed by atoms with Gasteiger partial charge in [-0.3, -0.25) is 19.3 Å². The molecule has 1 N–H and O–H groups in total. The van der Waals surface area contributed by atoms with Gasteiger partial charge in [0.1, 0.15) is 0 Å². The molecule has 5 heteroatoms. The molecule has 0 radical (unpaired) electrons. The summed E-state index contributed by atoms with van der Waals surface area (Å²) < 4.78 is 0. The van der Waals surface area contributed by atoms with E-state index in [2.05, 4.69) is 5.32 Å². The molecule has 0 bridgehead atoms. The molecule has 1 atom stereocenters. The zero-order valence-electron chi connectivity index (χ0n) is 12.9. The van der Waals surface area contributed by atoms with Crippen molar-refractivity contribution in [2.45, 2.75) is 13.0 Å². The van der Waals surface area contributed by atoms with Crippen LogP contribution in [0.15, 0.2) is 48.5 Å². The molecule has 1 aliphatic heterocycles. The third-order valence-corrected chi connectivity index (χ3v) is 4.00. The van der Waals surface area contributed by atoms with Crippen LogP contribution in [0.3, 0.4) is 0 Å². The molecule has 0 fully saturated rings. The van der Waals surface area contributed by atoms with Gasteiger partial charge in [-0.1, -0.05) is 30.3 Å². The van der Waals surface area contributed by atoms with Gasteiger partial charge in [0.25, 0.3) is 17.7 Å². The van der Waals surface area contributed by atoms with Crippen LogP contribution in [0.4, 0.5) is 0 Å². The average Bonchev–Trinajstić information content (AvgIpc) is 2.79. The minimum atomic E-state index is -0.379. The zero-order chi connectivity index (χ0) is 16.6. The molecule has 116 valence electrons. The fourth-order valence-corrected chi connectivity index (χ4v) is 2.61. The fourth-order valence-electron chi connectivity index (χ4n) is 2.61. The summed E-state index contributed by atoms with van der Waals surface area (Å²) in [7, 11) is 1.43. The van der Waals surface area contributed by atoms with Gasteiger partial charge in [-0.2, -0.15) is 0 Å². The van der Waals surface area contributed by atoms with E-state index in [4.69, 9.17) is 0 Å². The first-order valence-electron chi connectivity index (χ1n) is 7.31. The predicted molar refractivity (Wildman–Crippen MR) is 85.2 cm³/mol. The Labute approximate surface area is 133 Å². The number of imide groups is 1. The number of nitrogens with one attached hydrogen (secondary N) is 1. The van der Waals surface area contributed by atoms with Gasteiger partial charge in [0.05, 0.1) is 17.2 Å². The van der Waals surface area contributed by atoms with Gasteiger partial charge in [0.15, 0.2) is 0 Å². The summed E-state index contributed by atoms with van der Waals surface area (Å²) >= 11 is 0. The number of carbonyl (C=O) groups excluding carboxylic acids is 3. The molecule has 1 heterocycles. The molecule has 3 amide bonds. The second-order valence-corrected chi connectivity index (χ2v) is 5.54. The molecule has 1 aliphatic rings. The number of hydrogen-bond donors (Lipinski definition) is 1. The molecule has 0 aliphatic carbocycles. The Balaban J connectivity index is 1.82. The first kappa shape index (κ1) is 15.0. The number of nitrogens with zero attached hydrogens (tertiary/aromatic N) is 1. The first-order valence-corrected chi connectivity index (χ1v) is 7.31. The van der Waals surface area contributed by atoms with E-state index in [0.717, 1.165) is 10.5 Å². The molecule has 0 aromatic heterocycles. The number of fused-ring (bicyclic) bond motifs is 1. The van der Waals surface area contributed by atoms with Crippen molar-refractivity contribution >= 4 is 17.7 Å². The van der Waals surface area contributed by atoms with Crippen LogP contribution in [-0.2, 0) is 0 Å². The van der Waals surface area contributed by atoms with Crippen LogP contribution in [0, 0.1) is 0 Å². The Morgan fingerprint density at radius 2 is 1.65 bits per heavy atom. The summed E-state index contributed by atoms with van der Waals surface area (Å²) in [4.78, 5) is 37.3. The van der Waals surface area contributed by atoms with E-state index >= 15 is 0 Å². The third kappa shape index (κ3) is 2.61. The van der Waals surface area contributed by atoms with E-state index in [9.17, 15) is 14.4 Å². The van der Waals surface area contributed by atoms with Crippen molar-refractivity contribution in [1.29, 1.82) is 0 Å². The van der Waals surface area contributed by atoms with Gasteiger partial charge >= 0.3 is 0 Å². The van der Waals surface area contributed by atoms with Gasteiger partial charge in [-0.15, -0.1) is 0 Å². The number of benzene rings is 2. The second-order valence-electron chi connectivity index (χ2n) is 5.54. The third-order valence-electron chi connectivity index (χ3n) is 4.00. The summed E-state index contributed by atoms with van der Waals surface area (Å²) in [6.07, 6.45) is 0. The Morgan fingerprint density at radius 1 is 1.00 bits per heavy atom. The summed E-state index contributed by atoms with van der Waals surface area (Å²) in [5, 5.41) is 2.89. The van der Waals surface area contributed by atoms with Gasteiger partial charge in [0.2, 0.25) is 0 Å². The van der Waals surface area contributed by atoms with E-state index in [-0.39, 0.29) is 29.3 Å². The van der Waals surface area contributed by atoms with Crippen LogP contribution in [0.1, 0.15) is 49.6 Å². The number of rotatable bonds is 3. The minimum Gasteiger partial charge on any atom is -0.346 e. The zero-order valence-corrected chi connectivity index (χ0v) is 12.9. The second kappa shape index (κ2) is 5.68. The molecular formula is C18H16N2O3. The molecule has 3 rings (SSSR count). The normalized spacial score (nSPS) is 14.6. The standard InChI is InChI=1S/C18H16N2O3/c1-11(12-6-4-3-5-7-12)19-16(21)13-8-9-14-15(10-13)18(23)20(2)17(14)22/h3-11H,1-2H3,(H,19,21)/t11-/m1/s1. The molecule has 0 unspecified atom stereocenters. The average molecular weight is 308 g/mol. The maximum atomic E-state index is 12.4. The molecule has 0 saturated carbocycles. The molecule has 0 spiro atoms. The number of amides is 3. The van der Waals surface area contributed by atoms with E-state index in [1.54, 1.807) is 6.07 Å². The Bertz CT molecular complexity index is 799. The number of carbonyl (C=O) groups is 3. The van der Waals surface area contributed by atoms with Crippen molar-refractivity contribution in [3.05, 3.63) is 70.8 Å². The lowest BCUT2D eigenvalue weighted by Crippen LogP contribution is -2.26. The molecular weight excluding hydrogens is 292 g/mol. The summed E-state index contributed by atoms with van der Waals surface area (Å²) in [6, 6.07) is 14.0. The lowest BCUT2D eigenvalue weighted by atomic mass is 10.0. The van der Waals surface area contributed by atoms with Crippen molar-refractivity contribution in [3.63, 3.8) is 0 Å². The molecule has 23 heavy (non-hydrogen) atoms. The molecule has 2 aromatic rings. The van der Waals surface area contributed by atoms with E-state index in [1.165, 1.54) is 19.2 Å². The lowest BCUT2D eigenvalue weighted by Gasteiger charge is -2.14. The fraction of sp³-hybridized carbons (Fsp3) is 0.167. The first-order chi connectivity index (χ1) is 11.0. The van der Waals surface area contributed by atoms with Crippen LogP contribution in [-0.4, -0.2) is 29.7 Å². The number of hydrogen-bond acceptors (Lipinski definition) is 3. The maximum absolute atomic E-state index is 12.4. The van der Waals surface area contributed by atoms with Gasteiger partial charge < -0.3 is 5.32 Å². The SMILES string of the molecule is C[C@@H](NC(=O)c1ccc2c(c1)C(=O)N(C)C2=O)c1ccccc1. The van der Waals surface area contributed by atoms with Crippen molar-refractivity contribution in [2.75, 3.05) is 7.05 Å². The minimum absolute atomic E-state index is 0.156. The smallest absolute Gasteiger partial charge is 0.261 e. The van der Waals surface area contributed by atoms with Crippen molar-refractivity contribution in [3.8, 4) is 0 Å². The Hall–Kier alpha value is -2.95. The summed E-state index contributed by atoms with van der Waals surface area (Å²) in [5.74, 6) is -0.996. The topological polar surface area (TPSA) is 66.5 Å². The van der Waals surface area contributed by atoms with Crippen LogP contribution in [0.2, 0.25) is 0 Å². The Morgan fingerprint density at radius 3 is 2.35 bits per heavy atom. The summed E-state index contributed by atoms with van der Waals surface area (Å²) in [5.41, 5.74) is 1.97.